The highest BCUT2D eigenvalue weighted by atomic mass is 35.5. The fourth-order valence-corrected chi connectivity index (χ4v) is 4.46. The van der Waals surface area contributed by atoms with Gasteiger partial charge in [0.05, 0.1) is 24.4 Å². The molecule has 30 heavy (non-hydrogen) atoms. The molecule has 0 N–H and O–H groups in total. The van der Waals surface area contributed by atoms with Crippen LogP contribution < -0.4 is 14.4 Å². The Morgan fingerprint density at radius 3 is 2.43 bits per heavy atom. The number of aromatic nitrogens is 1. The first-order chi connectivity index (χ1) is 14.5. The molecule has 8 heteroatoms. The second-order valence-electron chi connectivity index (χ2n) is 6.66. The first kappa shape index (κ1) is 22.3. The number of likely N-dealkylation sites (N-methyl/N-ethyl adjacent to an activating group) is 1. The van der Waals surface area contributed by atoms with Gasteiger partial charge in [-0.05, 0) is 49.5 Å². The molecule has 0 aliphatic heterocycles. The fraction of sp³-hybridized carbons (Fsp3) is 0.364. The molecule has 6 nitrogen and oxygen atoms in total. The van der Waals surface area contributed by atoms with Gasteiger partial charge in [0.25, 0.3) is 5.91 Å². The van der Waals surface area contributed by atoms with Crippen LogP contribution >= 0.6 is 22.9 Å². The van der Waals surface area contributed by atoms with Crippen LogP contribution in [0.5, 0.6) is 11.5 Å². The van der Waals surface area contributed by atoms with Crippen molar-refractivity contribution in [3.05, 3.63) is 47.0 Å². The Morgan fingerprint density at radius 1 is 1.03 bits per heavy atom. The number of amides is 1. The number of ether oxygens (including phenoxy) is 2. The Balaban J connectivity index is 1.98. The Hall–Kier alpha value is -2.35. The molecule has 0 spiro atoms. The van der Waals surface area contributed by atoms with E-state index in [0.717, 1.165) is 29.9 Å². The van der Waals surface area contributed by atoms with Crippen molar-refractivity contribution >= 4 is 44.2 Å². The lowest BCUT2D eigenvalue weighted by Crippen LogP contribution is -2.38. The quantitative estimate of drug-likeness (QED) is 0.464. The third-order valence-electron chi connectivity index (χ3n) is 4.98. The number of carbonyl (C=O) groups is 1. The molecule has 0 radical (unpaired) electrons. The third-order valence-corrected chi connectivity index (χ3v) is 6.26. The van der Waals surface area contributed by atoms with Gasteiger partial charge in [-0.3, -0.25) is 9.69 Å². The van der Waals surface area contributed by atoms with Crippen LogP contribution in [0.25, 0.3) is 10.2 Å². The van der Waals surface area contributed by atoms with Gasteiger partial charge in [0.2, 0.25) is 0 Å². The molecule has 160 valence electrons. The van der Waals surface area contributed by atoms with Crippen molar-refractivity contribution in [1.82, 2.24) is 9.88 Å². The largest absolute Gasteiger partial charge is 0.493 e. The number of hydrogen-bond donors (Lipinski definition) is 0. The SMILES string of the molecule is CCN(CC)CCN(C(=O)c1ccc(OC)c(OC)c1)c1nc2ccc(Cl)cc2s1. The van der Waals surface area contributed by atoms with Crippen LogP contribution in [-0.4, -0.2) is 56.2 Å². The minimum Gasteiger partial charge on any atom is -0.493 e. The number of hydrogen-bond acceptors (Lipinski definition) is 6. The van der Waals surface area contributed by atoms with E-state index in [0.29, 0.717) is 33.8 Å². The minimum atomic E-state index is -0.131. The van der Waals surface area contributed by atoms with Gasteiger partial charge >= 0.3 is 0 Å². The van der Waals surface area contributed by atoms with E-state index in [1.165, 1.54) is 11.3 Å². The molecule has 0 aliphatic rings. The number of rotatable bonds is 9. The fourth-order valence-electron chi connectivity index (χ4n) is 3.19. The molecule has 0 unspecified atom stereocenters. The Bertz CT molecular complexity index is 1020. The second kappa shape index (κ2) is 10.1. The summed E-state index contributed by atoms with van der Waals surface area (Å²) in [5, 5.41) is 1.30. The molecule has 2 aromatic carbocycles. The normalized spacial score (nSPS) is 11.1. The van der Waals surface area contributed by atoms with Crippen molar-refractivity contribution in [2.45, 2.75) is 13.8 Å². The molecular weight excluding hydrogens is 422 g/mol. The maximum absolute atomic E-state index is 13.5. The van der Waals surface area contributed by atoms with Crippen LogP contribution in [0.3, 0.4) is 0 Å². The summed E-state index contributed by atoms with van der Waals surface area (Å²) in [7, 11) is 3.13. The van der Waals surface area contributed by atoms with Crippen LogP contribution in [0.15, 0.2) is 36.4 Å². The first-order valence-corrected chi connectivity index (χ1v) is 11.0. The van der Waals surface area contributed by atoms with Crippen molar-refractivity contribution in [2.24, 2.45) is 0 Å². The number of nitrogens with zero attached hydrogens (tertiary/aromatic N) is 3. The molecule has 1 heterocycles. The van der Waals surface area contributed by atoms with E-state index in [2.05, 4.69) is 18.7 Å². The van der Waals surface area contributed by atoms with Crippen LogP contribution in [0.1, 0.15) is 24.2 Å². The summed E-state index contributed by atoms with van der Waals surface area (Å²) in [6.07, 6.45) is 0. The van der Waals surface area contributed by atoms with Gasteiger partial charge in [0.1, 0.15) is 0 Å². The van der Waals surface area contributed by atoms with Crippen molar-refractivity contribution < 1.29 is 14.3 Å². The van der Waals surface area contributed by atoms with E-state index >= 15 is 0 Å². The van der Waals surface area contributed by atoms with Gasteiger partial charge < -0.3 is 14.4 Å². The highest BCUT2D eigenvalue weighted by Gasteiger charge is 2.23. The lowest BCUT2D eigenvalue weighted by Gasteiger charge is -2.25. The number of methoxy groups -OCH3 is 2. The maximum Gasteiger partial charge on any atom is 0.260 e. The standard InChI is InChI=1S/C22H26ClN3O3S/c1-5-25(6-2)11-12-26(22-24-17-9-8-16(23)14-20(17)30-22)21(27)15-7-10-18(28-3)19(13-15)29-4/h7-10,13-14H,5-6,11-12H2,1-4H3. The summed E-state index contributed by atoms with van der Waals surface area (Å²) in [4.78, 5) is 22.2. The Morgan fingerprint density at radius 2 is 1.77 bits per heavy atom. The summed E-state index contributed by atoms with van der Waals surface area (Å²) in [5.41, 5.74) is 1.34. The topological polar surface area (TPSA) is 54.9 Å². The summed E-state index contributed by atoms with van der Waals surface area (Å²) in [6, 6.07) is 10.8. The number of carbonyl (C=O) groups excluding carboxylic acids is 1. The molecule has 1 aromatic heterocycles. The van der Waals surface area contributed by atoms with Crippen LogP contribution in [0.4, 0.5) is 5.13 Å². The zero-order valence-corrected chi connectivity index (χ0v) is 19.2. The third kappa shape index (κ3) is 4.86. The van der Waals surface area contributed by atoms with Crippen LogP contribution in [0.2, 0.25) is 5.02 Å². The second-order valence-corrected chi connectivity index (χ2v) is 8.11. The molecule has 3 rings (SSSR count). The average molecular weight is 448 g/mol. The zero-order chi connectivity index (χ0) is 21.7. The lowest BCUT2D eigenvalue weighted by molar-refractivity contribution is 0.0983. The highest BCUT2D eigenvalue weighted by molar-refractivity contribution is 7.22. The number of thiazole rings is 1. The highest BCUT2D eigenvalue weighted by Crippen LogP contribution is 2.33. The summed E-state index contributed by atoms with van der Waals surface area (Å²) in [6.45, 7) is 7.35. The summed E-state index contributed by atoms with van der Waals surface area (Å²) >= 11 is 7.60. The van der Waals surface area contributed by atoms with Crippen molar-refractivity contribution in [1.29, 1.82) is 0 Å². The Labute approximate surface area is 186 Å². The van der Waals surface area contributed by atoms with Gasteiger partial charge in [-0.1, -0.05) is 36.8 Å². The predicted molar refractivity (Wildman–Crippen MR) is 124 cm³/mol. The predicted octanol–water partition coefficient (Wildman–Crippen LogP) is 4.96. The van der Waals surface area contributed by atoms with Crippen LogP contribution in [-0.2, 0) is 0 Å². The molecule has 0 atom stereocenters. The Kier molecular flexibility index (Phi) is 7.53. The van der Waals surface area contributed by atoms with E-state index in [4.69, 9.17) is 26.1 Å². The molecule has 0 bridgehead atoms. The van der Waals surface area contributed by atoms with E-state index in [1.54, 1.807) is 37.3 Å². The number of anilines is 1. The zero-order valence-electron chi connectivity index (χ0n) is 17.6. The van der Waals surface area contributed by atoms with Crippen molar-refractivity contribution in [2.75, 3.05) is 45.3 Å². The van der Waals surface area contributed by atoms with Crippen molar-refractivity contribution in [3.8, 4) is 11.5 Å². The van der Waals surface area contributed by atoms with Crippen LogP contribution in [0, 0.1) is 0 Å². The summed E-state index contributed by atoms with van der Waals surface area (Å²) < 4.78 is 11.6. The monoisotopic (exact) mass is 447 g/mol. The molecule has 3 aromatic rings. The lowest BCUT2D eigenvalue weighted by atomic mass is 10.1. The molecule has 0 fully saturated rings. The number of benzene rings is 2. The van der Waals surface area contributed by atoms with Gasteiger partial charge in [-0.25, -0.2) is 4.98 Å². The number of fused-ring (bicyclic) bond motifs is 1. The first-order valence-electron chi connectivity index (χ1n) is 9.83. The van der Waals surface area contributed by atoms with E-state index in [1.807, 2.05) is 18.2 Å². The van der Waals surface area contributed by atoms with Gasteiger partial charge in [-0.2, -0.15) is 0 Å². The average Bonchev–Trinajstić information content (AvgIpc) is 3.18. The summed E-state index contributed by atoms with van der Waals surface area (Å²) in [5.74, 6) is 0.967. The minimum absolute atomic E-state index is 0.131. The van der Waals surface area contributed by atoms with Gasteiger partial charge in [-0.15, -0.1) is 0 Å². The van der Waals surface area contributed by atoms with E-state index in [-0.39, 0.29) is 5.91 Å². The number of halogens is 1. The smallest absolute Gasteiger partial charge is 0.260 e. The van der Waals surface area contributed by atoms with Gasteiger partial charge in [0.15, 0.2) is 16.6 Å². The van der Waals surface area contributed by atoms with E-state index in [9.17, 15) is 4.79 Å². The molecular formula is C22H26ClN3O3S. The molecule has 0 saturated carbocycles. The van der Waals surface area contributed by atoms with E-state index < -0.39 is 0 Å². The molecule has 0 saturated heterocycles. The van der Waals surface area contributed by atoms with Gasteiger partial charge in [0, 0.05) is 23.7 Å². The molecule has 1 amide bonds. The maximum atomic E-state index is 13.5. The van der Waals surface area contributed by atoms with Crippen molar-refractivity contribution in [3.63, 3.8) is 0 Å². The molecule has 0 aliphatic carbocycles.